The van der Waals surface area contributed by atoms with E-state index in [2.05, 4.69) is 15.7 Å². The Balaban J connectivity index is 1.26. The van der Waals surface area contributed by atoms with Crippen LogP contribution in [0.2, 0.25) is 0 Å². The number of ether oxygens (including phenoxy) is 1. The highest BCUT2D eigenvalue weighted by molar-refractivity contribution is 8.01. The lowest BCUT2D eigenvalue weighted by Crippen LogP contribution is -2.49. The first-order valence-corrected chi connectivity index (χ1v) is 10.3. The molecule has 24 heavy (non-hydrogen) atoms. The Morgan fingerprint density at radius 2 is 2.08 bits per heavy atom. The fourth-order valence-corrected chi connectivity index (χ4v) is 6.10. The molecule has 1 amide bonds. The molecule has 1 saturated carbocycles. The molecule has 2 aliphatic heterocycles. The van der Waals surface area contributed by atoms with Crippen LogP contribution in [0.5, 0.6) is 0 Å². The molecule has 0 spiro atoms. The van der Waals surface area contributed by atoms with Gasteiger partial charge in [0.05, 0.1) is 18.1 Å². The summed E-state index contributed by atoms with van der Waals surface area (Å²) in [5.41, 5.74) is 7.23. The molecule has 130 valence electrons. The molecule has 1 aliphatic carbocycles. The van der Waals surface area contributed by atoms with Gasteiger partial charge in [-0.3, -0.25) is 4.79 Å². The van der Waals surface area contributed by atoms with Crippen LogP contribution in [0.15, 0.2) is 21.9 Å². The summed E-state index contributed by atoms with van der Waals surface area (Å²) in [6.45, 7) is 2.03. The number of aromatic nitrogens is 1. The number of carbonyl (C=O) groups is 1. The summed E-state index contributed by atoms with van der Waals surface area (Å²) in [6, 6.07) is 0.0581. The number of rotatable bonds is 4. The number of nitrogens with two attached hydrogens (primary N) is 1. The zero-order chi connectivity index (χ0) is 16.7. The van der Waals surface area contributed by atoms with Gasteiger partial charge in [-0.25, -0.2) is 4.98 Å². The van der Waals surface area contributed by atoms with Gasteiger partial charge in [0.15, 0.2) is 0 Å². The summed E-state index contributed by atoms with van der Waals surface area (Å²) in [4.78, 5) is 17.1. The van der Waals surface area contributed by atoms with Crippen molar-refractivity contribution in [3.63, 3.8) is 0 Å². The number of thioether (sulfide) groups is 1. The van der Waals surface area contributed by atoms with E-state index in [-0.39, 0.29) is 36.1 Å². The Bertz CT molecular complexity index is 640. The van der Waals surface area contributed by atoms with Crippen molar-refractivity contribution in [3.05, 3.63) is 23.2 Å². The number of thiazole rings is 1. The first-order chi connectivity index (χ1) is 11.6. The van der Waals surface area contributed by atoms with Gasteiger partial charge >= 0.3 is 0 Å². The van der Waals surface area contributed by atoms with E-state index in [1.807, 2.05) is 30.8 Å². The minimum Gasteiger partial charge on any atom is -0.364 e. The van der Waals surface area contributed by atoms with Gasteiger partial charge in [0.25, 0.3) is 0 Å². The van der Waals surface area contributed by atoms with Crippen LogP contribution in [0.25, 0.3) is 0 Å². The Morgan fingerprint density at radius 1 is 1.33 bits per heavy atom. The number of nitrogens with one attached hydrogen (secondary N) is 1. The normalized spacial score (nSPS) is 37.8. The third-order valence-corrected chi connectivity index (χ3v) is 7.57. The highest BCUT2D eigenvalue weighted by Gasteiger charge is 2.48. The van der Waals surface area contributed by atoms with Gasteiger partial charge in [-0.2, -0.15) is 0 Å². The van der Waals surface area contributed by atoms with Crippen LogP contribution in [0, 0.1) is 12.8 Å². The Kier molecular flexibility index (Phi) is 4.68. The van der Waals surface area contributed by atoms with Gasteiger partial charge in [0.2, 0.25) is 5.91 Å². The lowest BCUT2D eigenvalue weighted by Gasteiger charge is -2.30. The largest absolute Gasteiger partial charge is 0.364 e. The van der Waals surface area contributed by atoms with Gasteiger partial charge in [-0.1, -0.05) is 23.9 Å². The molecule has 4 atom stereocenters. The van der Waals surface area contributed by atoms with Crippen molar-refractivity contribution in [1.29, 1.82) is 0 Å². The van der Waals surface area contributed by atoms with Crippen molar-refractivity contribution in [2.24, 2.45) is 11.7 Å². The smallest absolute Gasteiger partial charge is 0.227 e. The second kappa shape index (κ2) is 6.78. The molecule has 2 bridgehead atoms. The van der Waals surface area contributed by atoms with E-state index in [9.17, 15) is 4.79 Å². The molecule has 1 aromatic heterocycles. The van der Waals surface area contributed by atoms with Crippen LogP contribution in [0.1, 0.15) is 31.4 Å². The summed E-state index contributed by atoms with van der Waals surface area (Å²) < 4.78 is 6.85. The second-order valence-electron chi connectivity index (χ2n) is 6.91. The van der Waals surface area contributed by atoms with Gasteiger partial charge < -0.3 is 15.8 Å². The SMILES string of the molecule is Cc1csc(SC2CCC(NC(=O)[C@H]3[C@@H](N)[C@@H]4C=C[C@H]3O4)CC2)n1. The quantitative estimate of drug-likeness (QED) is 0.800. The standard InChI is InChI=1S/C17H23N3O2S2/c1-9-8-23-17(19-9)24-11-4-2-10(3-5-11)20-16(21)14-12-6-7-13(22-12)15(14)18/h6-8,10-15H,2-5,18H2,1H3,(H,20,21)/t10?,11?,12-,13+,14-,15+/m1/s1. The molecule has 7 heteroatoms. The summed E-state index contributed by atoms with van der Waals surface area (Å²) in [6.07, 6.45) is 8.02. The van der Waals surface area contributed by atoms with Gasteiger partial charge in [-0.05, 0) is 32.6 Å². The molecule has 3 N–H and O–H groups in total. The predicted octanol–water partition coefficient (Wildman–Crippen LogP) is 2.25. The average Bonchev–Trinajstić information content (AvgIpc) is 3.25. The Labute approximate surface area is 150 Å². The minimum absolute atomic E-state index is 0.0611. The molecule has 3 aliphatic rings. The van der Waals surface area contributed by atoms with E-state index in [1.165, 1.54) is 0 Å². The molecular formula is C17H23N3O2S2. The number of hydrogen-bond acceptors (Lipinski definition) is 6. The van der Waals surface area contributed by atoms with Crippen LogP contribution in [0.4, 0.5) is 0 Å². The number of aryl methyl sites for hydroxylation is 1. The Morgan fingerprint density at radius 3 is 2.71 bits per heavy atom. The van der Waals surface area contributed by atoms with Gasteiger partial charge in [0, 0.05) is 28.4 Å². The topological polar surface area (TPSA) is 77.2 Å². The lowest BCUT2D eigenvalue weighted by molar-refractivity contribution is -0.127. The van der Waals surface area contributed by atoms with E-state index < -0.39 is 0 Å². The van der Waals surface area contributed by atoms with Gasteiger partial charge in [0.1, 0.15) is 4.34 Å². The predicted molar refractivity (Wildman–Crippen MR) is 96.2 cm³/mol. The summed E-state index contributed by atoms with van der Waals surface area (Å²) in [5, 5.41) is 5.92. The fourth-order valence-electron chi connectivity index (χ4n) is 3.81. The zero-order valence-electron chi connectivity index (χ0n) is 13.7. The molecule has 1 aromatic rings. The van der Waals surface area contributed by atoms with Crippen molar-refractivity contribution < 1.29 is 9.53 Å². The van der Waals surface area contributed by atoms with Gasteiger partial charge in [-0.15, -0.1) is 11.3 Å². The van der Waals surface area contributed by atoms with Crippen LogP contribution >= 0.6 is 23.1 Å². The van der Waals surface area contributed by atoms with Crippen molar-refractivity contribution in [3.8, 4) is 0 Å². The molecule has 5 nitrogen and oxygen atoms in total. The number of carbonyl (C=O) groups excluding carboxylic acids is 1. The number of hydrogen-bond donors (Lipinski definition) is 2. The molecule has 3 heterocycles. The minimum atomic E-state index is -0.231. The van der Waals surface area contributed by atoms with Crippen LogP contribution in [-0.2, 0) is 9.53 Å². The van der Waals surface area contributed by atoms with E-state index in [1.54, 1.807) is 11.3 Å². The van der Waals surface area contributed by atoms with Crippen molar-refractivity contribution in [2.45, 2.75) is 66.5 Å². The van der Waals surface area contributed by atoms with E-state index in [0.29, 0.717) is 5.25 Å². The van der Waals surface area contributed by atoms with Crippen LogP contribution < -0.4 is 11.1 Å². The van der Waals surface area contributed by atoms with E-state index in [0.717, 1.165) is 35.7 Å². The lowest BCUT2D eigenvalue weighted by atomic mass is 9.88. The van der Waals surface area contributed by atoms with Crippen molar-refractivity contribution >= 4 is 29.0 Å². The number of amides is 1. The Hall–Kier alpha value is -0.890. The summed E-state index contributed by atoms with van der Waals surface area (Å²) in [7, 11) is 0. The second-order valence-corrected chi connectivity index (χ2v) is 9.31. The monoisotopic (exact) mass is 365 g/mol. The average molecular weight is 366 g/mol. The molecule has 1 saturated heterocycles. The molecule has 2 fully saturated rings. The number of nitrogens with zero attached hydrogens (tertiary/aromatic N) is 1. The zero-order valence-corrected chi connectivity index (χ0v) is 15.3. The van der Waals surface area contributed by atoms with Crippen molar-refractivity contribution in [1.82, 2.24) is 10.3 Å². The molecular weight excluding hydrogens is 342 g/mol. The first kappa shape index (κ1) is 16.6. The van der Waals surface area contributed by atoms with Crippen LogP contribution in [0.3, 0.4) is 0 Å². The summed E-state index contributed by atoms with van der Waals surface area (Å²) in [5.74, 6) is -0.170. The fraction of sp³-hybridized carbons (Fsp3) is 0.647. The maximum atomic E-state index is 12.6. The van der Waals surface area contributed by atoms with E-state index in [4.69, 9.17) is 10.5 Å². The number of fused-ring (bicyclic) bond motifs is 2. The third-order valence-electron chi connectivity index (χ3n) is 5.14. The maximum Gasteiger partial charge on any atom is 0.227 e. The summed E-state index contributed by atoms with van der Waals surface area (Å²) >= 11 is 3.61. The molecule has 0 aromatic carbocycles. The molecule has 4 rings (SSSR count). The molecule has 0 unspecified atom stereocenters. The molecule has 0 radical (unpaired) electrons. The highest BCUT2D eigenvalue weighted by Crippen LogP contribution is 2.36. The van der Waals surface area contributed by atoms with E-state index >= 15 is 0 Å². The van der Waals surface area contributed by atoms with Crippen LogP contribution in [-0.4, -0.2) is 40.4 Å². The maximum absolute atomic E-state index is 12.6. The third kappa shape index (κ3) is 3.27. The van der Waals surface area contributed by atoms with Crippen molar-refractivity contribution in [2.75, 3.05) is 0 Å². The highest BCUT2D eigenvalue weighted by atomic mass is 32.2. The first-order valence-electron chi connectivity index (χ1n) is 8.58.